The van der Waals surface area contributed by atoms with Gasteiger partial charge in [0.2, 0.25) is 6.29 Å². The van der Waals surface area contributed by atoms with Crippen molar-refractivity contribution < 1.29 is 48.0 Å². The summed E-state index contributed by atoms with van der Waals surface area (Å²) < 4.78 is 23.0. The average molecular weight is 350 g/mol. The maximum absolute atomic E-state index is 12.2. The molecule has 138 valence electrons. The normalized spacial score (nSPS) is 13.8. The molecule has 24 heavy (non-hydrogen) atoms. The van der Waals surface area contributed by atoms with E-state index in [-0.39, 0.29) is 19.3 Å². The fourth-order valence-corrected chi connectivity index (χ4v) is 1.76. The number of carboxylic acid groups (broad SMARTS) is 1. The molecule has 1 N–H and O–H groups in total. The third kappa shape index (κ3) is 8.81. The number of carboxylic acids is 1. The van der Waals surface area contributed by atoms with E-state index in [2.05, 4.69) is 14.2 Å². The molecule has 0 bridgehead atoms. The summed E-state index contributed by atoms with van der Waals surface area (Å²) in [6, 6.07) is 0. The van der Waals surface area contributed by atoms with E-state index in [0.717, 1.165) is 14.2 Å². The van der Waals surface area contributed by atoms with Gasteiger partial charge in [0.1, 0.15) is 6.10 Å². The molecular formula is C14H22O10. The van der Waals surface area contributed by atoms with E-state index in [0.29, 0.717) is 0 Å². The van der Waals surface area contributed by atoms with Crippen molar-refractivity contribution in [2.45, 2.75) is 45.5 Å². The fraction of sp³-hybridized carbons (Fsp3) is 0.714. The molecule has 0 aromatic heterocycles. The summed E-state index contributed by atoms with van der Waals surface area (Å²) >= 11 is 0. The summed E-state index contributed by atoms with van der Waals surface area (Å²) in [5.41, 5.74) is 0. The minimum absolute atomic E-state index is 0.0915. The van der Waals surface area contributed by atoms with Crippen LogP contribution in [0.25, 0.3) is 0 Å². The van der Waals surface area contributed by atoms with Crippen LogP contribution in [0.2, 0.25) is 0 Å². The van der Waals surface area contributed by atoms with Gasteiger partial charge in [-0.2, -0.15) is 0 Å². The highest BCUT2D eigenvalue weighted by atomic mass is 16.8. The lowest BCUT2D eigenvalue weighted by Gasteiger charge is -2.23. The summed E-state index contributed by atoms with van der Waals surface area (Å²) in [5, 5.41) is 8.67. The largest absolute Gasteiger partial charge is 0.511 e. The maximum atomic E-state index is 12.2. The molecule has 0 aromatic rings. The number of esters is 1. The van der Waals surface area contributed by atoms with E-state index in [1.807, 2.05) is 0 Å². The number of rotatable bonds is 9. The molecule has 10 nitrogen and oxygen atoms in total. The van der Waals surface area contributed by atoms with E-state index in [1.54, 1.807) is 0 Å². The van der Waals surface area contributed by atoms with Crippen molar-refractivity contribution >= 4 is 24.2 Å². The number of hydrogen-bond acceptors (Lipinski definition) is 9. The molecule has 0 saturated carbocycles. The van der Waals surface area contributed by atoms with Gasteiger partial charge in [0.05, 0.1) is 20.1 Å². The van der Waals surface area contributed by atoms with Crippen molar-refractivity contribution in [3.05, 3.63) is 0 Å². The number of ether oxygens (including phenoxy) is 5. The van der Waals surface area contributed by atoms with Gasteiger partial charge in [-0.15, -0.1) is 0 Å². The van der Waals surface area contributed by atoms with Crippen LogP contribution in [0.1, 0.15) is 33.1 Å². The molecule has 0 aliphatic rings. The highest BCUT2D eigenvalue weighted by Gasteiger charge is 2.31. The molecule has 0 aliphatic heterocycles. The van der Waals surface area contributed by atoms with Crippen LogP contribution in [-0.2, 0) is 33.3 Å². The molecule has 0 heterocycles. The second kappa shape index (κ2) is 11.1. The molecule has 0 rings (SSSR count). The molecule has 0 fully saturated rings. The number of carbonyl (C=O) groups excluding carboxylic acids is 3. The quantitative estimate of drug-likeness (QED) is 0.372. The van der Waals surface area contributed by atoms with E-state index >= 15 is 0 Å². The van der Waals surface area contributed by atoms with E-state index < -0.39 is 42.6 Å². The molecule has 0 radical (unpaired) electrons. The second-order valence-electron chi connectivity index (χ2n) is 4.75. The van der Waals surface area contributed by atoms with Gasteiger partial charge in [0.25, 0.3) is 0 Å². The van der Waals surface area contributed by atoms with Crippen LogP contribution >= 0.6 is 0 Å². The molecule has 3 unspecified atom stereocenters. The van der Waals surface area contributed by atoms with Crippen molar-refractivity contribution in [3.63, 3.8) is 0 Å². The first-order chi connectivity index (χ1) is 11.2. The molecule has 10 heteroatoms. The third-order valence-electron chi connectivity index (χ3n) is 2.93. The van der Waals surface area contributed by atoms with Crippen molar-refractivity contribution in [1.82, 2.24) is 0 Å². The number of hydrogen-bond donors (Lipinski definition) is 1. The van der Waals surface area contributed by atoms with Gasteiger partial charge in [-0.1, -0.05) is 0 Å². The average Bonchev–Trinajstić information content (AvgIpc) is 2.50. The standard InChI is InChI=1S/C14H22O10/c1-8(22-13(18)20-3)10(6-5-7-11(15)16)12(17)23-9(2)24-14(19)21-4/h8-10H,5-7H2,1-4H3,(H,15,16). The molecule has 0 aliphatic carbocycles. The first kappa shape index (κ1) is 21.5. The monoisotopic (exact) mass is 350 g/mol. The van der Waals surface area contributed by atoms with Crippen molar-refractivity contribution in [2.75, 3.05) is 14.2 Å². The minimum Gasteiger partial charge on any atom is -0.481 e. The number of aliphatic carboxylic acids is 1. The van der Waals surface area contributed by atoms with Crippen LogP contribution in [-0.4, -0.2) is 56.0 Å². The van der Waals surface area contributed by atoms with Crippen molar-refractivity contribution in [2.24, 2.45) is 5.92 Å². The van der Waals surface area contributed by atoms with Gasteiger partial charge in [-0.25, -0.2) is 9.59 Å². The van der Waals surface area contributed by atoms with Gasteiger partial charge in [-0.05, 0) is 19.8 Å². The first-order valence-corrected chi connectivity index (χ1v) is 7.12. The highest BCUT2D eigenvalue weighted by Crippen LogP contribution is 2.19. The van der Waals surface area contributed by atoms with Crippen molar-refractivity contribution in [3.8, 4) is 0 Å². The zero-order valence-electron chi connectivity index (χ0n) is 14.0. The van der Waals surface area contributed by atoms with Crippen LogP contribution in [0.4, 0.5) is 9.59 Å². The Bertz CT molecular complexity index is 447. The van der Waals surface area contributed by atoms with E-state index in [9.17, 15) is 19.2 Å². The maximum Gasteiger partial charge on any atom is 0.511 e. The summed E-state index contributed by atoms with van der Waals surface area (Å²) in [7, 11) is 2.21. The smallest absolute Gasteiger partial charge is 0.481 e. The lowest BCUT2D eigenvalue weighted by atomic mass is 9.97. The zero-order chi connectivity index (χ0) is 18.7. The zero-order valence-corrected chi connectivity index (χ0v) is 14.0. The molecular weight excluding hydrogens is 328 g/mol. The molecule has 0 saturated heterocycles. The lowest BCUT2D eigenvalue weighted by molar-refractivity contribution is -0.176. The first-order valence-electron chi connectivity index (χ1n) is 7.12. The SMILES string of the molecule is COC(=O)OC(C)OC(=O)C(CCCC(=O)O)C(C)OC(=O)OC. The molecule has 3 atom stereocenters. The predicted molar refractivity (Wildman–Crippen MR) is 77.0 cm³/mol. The Morgan fingerprint density at radius 2 is 1.46 bits per heavy atom. The topological polar surface area (TPSA) is 135 Å². The Hall–Kier alpha value is -2.52. The molecule has 0 spiro atoms. The Labute approximate surface area is 138 Å². The molecule has 0 amide bonds. The summed E-state index contributed by atoms with van der Waals surface area (Å²) in [6.07, 6.45) is -4.08. The Morgan fingerprint density at radius 1 is 0.917 bits per heavy atom. The summed E-state index contributed by atoms with van der Waals surface area (Å²) in [6.45, 7) is 2.74. The van der Waals surface area contributed by atoms with E-state index in [1.165, 1.54) is 13.8 Å². The Balaban J connectivity index is 4.80. The van der Waals surface area contributed by atoms with Crippen LogP contribution < -0.4 is 0 Å². The van der Waals surface area contributed by atoms with Gasteiger partial charge < -0.3 is 28.8 Å². The fourth-order valence-electron chi connectivity index (χ4n) is 1.76. The highest BCUT2D eigenvalue weighted by molar-refractivity contribution is 5.74. The van der Waals surface area contributed by atoms with Crippen LogP contribution in [0, 0.1) is 5.92 Å². The lowest BCUT2D eigenvalue weighted by Crippen LogP contribution is -2.34. The minimum atomic E-state index is -1.22. The summed E-state index contributed by atoms with van der Waals surface area (Å²) in [4.78, 5) is 44.9. The Kier molecular flexibility index (Phi) is 9.92. The van der Waals surface area contributed by atoms with Gasteiger partial charge >= 0.3 is 24.2 Å². The van der Waals surface area contributed by atoms with Crippen LogP contribution in [0.5, 0.6) is 0 Å². The Morgan fingerprint density at radius 3 is 1.96 bits per heavy atom. The number of carbonyl (C=O) groups is 4. The number of methoxy groups -OCH3 is 2. The third-order valence-corrected chi connectivity index (χ3v) is 2.93. The van der Waals surface area contributed by atoms with Gasteiger partial charge in [0, 0.05) is 13.3 Å². The predicted octanol–water partition coefficient (Wildman–Crippen LogP) is 1.70. The molecule has 0 aromatic carbocycles. The van der Waals surface area contributed by atoms with Gasteiger partial charge in [-0.3, -0.25) is 9.59 Å². The van der Waals surface area contributed by atoms with Crippen LogP contribution in [0.3, 0.4) is 0 Å². The summed E-state index contributed by atoms with van der Waals surface area (Å²) in [5.74, 6) is -2.79. The van der Waals surface area contributed by atoms with Gasteiger partial charge in [0.15, 0.2) is 0 Å². The second-order valence-corrected chi connectivity index (χ2v) is 4.75. The van der Waals surface area contributed by atoms with Crippen molar-refractivity contribution in [1.29, 1.82) is 0 Å². The van der Waals surface area contributed by atoms with Crippen LogP contribution in [0.15, 0.2) is 0 Å². The van der Waals surface area contributed by atoms with E-state index in [4.69, 9.17) is 14.6 Å².